The van der Waals surface area contributed by atoms with Crippen molar-refractivity contribution in [1.29, 1.82) is 0 Å². The molecule has 0 saturated carbocycles. The van der Waals surface area contributed by atoms with Crippen LogP contribution in [0.3, 0.4) is 0 Å². The molecule has 0 unspecified atom stereocenters. The van der Waals surface area contributed by atoms with Crippen molar-refractivity contribution < 1.29 is 18.4 Å². The monoisotopic (exact) mass is 118 g/mol. The molecule has 0 bridgehead atoms. The zero-order chi connectivity index (χ0) is 5.15. The molecule has 0 aliphatic carbocycles. The molecule has 0 atom stereocenters. The fourth-order valence-corrected chi connectivity index (χ4v) is 0. The van der Waals surface area contributed by atoms with Gasteiger partial charge in [-0.2, -0.15) is 8.78 Å². The zero-order valence-corrected chi connectivity index (χ0v) is 4.69. The lowest BCUT2D eigenvalue weighted by Gasteiger charge is -1.63. The van der Waals surface area contributed by atoms with Crippen molar-refractivity contribution in [3.63, 3.8) is 0 Å². The summed E-state index contributed by atoms with van der Waals surface area (Å²) in [6.07, 6.45) is 0. The van der Waals surface area contributed by atoms with Gasteiger partial charge in [0.1, 0.15) is 0 Å². The summed E-state index contributed by atoms with van der Waals surface area (Å²) in [6.45, 7) is 0. The summed E-state index contributed by atoms with van der Waals surface area (Å²) < 4.78 is 20.9. The molecular weight excluding hydrogens is 118 g/mol. The molecule has 0 rings (SSSR count). The molecule has 0 aromatic heterocycles. The Labute approximate surface area is 54.0 Å². The van der Waals surface area contributed by atoms with E-state index in [2.05, 4.69) is 0 Å². The Hall–Kier alpha value is -0.0338. The third-order valence-electron chi connectivity index (χ3n) is 0.155. The van der Waals surface area contributed by atoms with E-state index in [9.17, 15) is 8.78 Å². The molecule has 0 aliphatic heterocycles. The largest absolute Gasteiger partial charge is 0.401 e. The Morgan fingerprint density at radius 2 is 1.14 bits per heavy atom. The van der Waals surface area contributed by atoms with E-state index in [1.54, 1.807) is 0 Å². The molecule has 0 N–H and O–H groups in total. The minimum Gasteiger partial charge on any atom is -0.249 e. The topological polar surface area (TPSA) is 34.1 Å². The first-order valence-corrected chi connectivity index (χ1v) is 1.04. The van der Waals surface area contributed by atoms with Gasteiger partial charge in [-0.25, -0.2) is 9.59 Å². The van der Waals surface area contributed by atoms with Crippen LogP contribution in [-0.4, -0.2) is 35.1 Å². The summed E-state index contributed by atoms with van der Waals surface area (Å²) in [5, 5.41) is 0. The van der Waals surface area contributed by atoms with Gasteiger partial charge >= 0.3 is 12.1 Å². The van der Waals surface area contributed by atoms with Crippen molar-refractivity contribution in [1.82, 2.24) is 0 Å². The molecule has 0 fully saturated rings. The second kappa shape index (κ2) is 4.13. The van der Waals surface area contributed by atoms with Gasteiger partial charge < -0.3 is 0 Å². The van der Waals surface area contributed by atoms with Crippen molar-refractivity contribution in [3.8, 4) is 0 Å². The van der Waals surface area contributed by atoms with Gasteiger partial charge in [0.15, 0.2) is 0 Å². The summed E-state index contributed by atoms with van der Waals surface area (Å²) in [4.78, 5) is 17.5. The molecule has 0 aromatic carbocycles. The quantitative estimate of drug-likeness (QED) is 0.267. The average Bonchev–Trinajstić information content (AvgIpc) is 1.36. The second-order valence-electron chi connectivity index (χ2n) is 0.547. The maximum absolute atomic E-state index is 10.5. The third-order valence-corrected chi connectivity index (χ3v) is 0.155. The number of hydrogen-bond acceptors (Lipinski definition) is 2. The number of hydrogen-bond donors (Lipinski definition) is 0. The number of carbonyl (C=O) groups excluding carboxylic acids is 2. The lowest BCUT2D eigenvalue weighted by molar-refractivity contribution is -0.149. The van der Waals surface area contributed by atoms with Gasteiger partial charge in [0.2, 0.25) is 0 Å². The van der Waals surface area contributed by atoms with E-state index in [1.807, 2.05) is 0 Å². The summed E-state index contributed by atoms with van der Waals surface area (Å²) in [5.74, 6) is 0. The highest BCUT2D eigenvalue weighted by molar-refractivity contribution is 6.28. The van der Waals surface area contributed by atoms with E-state index in [0.29, 0.717) is 0 Å². The number of rotatable bonds is 1. The predicted octanol–water partition coefficient (Wildman–Crippen LogP) is -0.402. The molecule has 0 saturated heterocycles. The molecule has 2 radical (unpaired) electrons. The highest BCUT2D eigenvalue weighted by Crippen LogP contribution is 1.74. The smallest absolute Gasteiger partial charge is 0.249 e. The van der Waals surface area contributed by atoms with E-state index in [4.69, 9.17) is 9.59 Å². The molecule has 0 amide bonds. The molecule has 5 heteroatoms. The van der Waals surface area contributed by atoms with Crippen LogP contribution in [0, 0.1) is 0 Å². The lowest BCUT2D eigenvalue weighted by atomic mass is 10.8. The van der Waals surface area contributed by atoms with Crippen LogP contribution >= 0.6 is 0 Å². The van der Waals surface area contributed by atoms with Crippen molar-refractivity contribution >= 4 is 35.1 Å². The second-order valence-corrected chi connectivity index (χ2v) is 0.547. The zero-order valence-electron chi connectivity index (χ0n) is 3.28. The first-order chi connectivity index (χ1) is 2.64. The SMILES string of the molecule is O=C(F)C(=O)F.[Mg]. The molecule has 2 nitrogen and oxygen atoms in total. The van der Waals surface area contributed by atoms with Gasteiger partial charge in [0, 0.05) is 23.1 Å². The Morgan fingerprint density at radius 1 is 1.00 bits per heavy atom. The average molecular weight is 118 g/mol. The van der Waals surface area contributed by atoms with E-state index < -0.39 is 12.1 Å². The third kappa shape index (κ3) is 5.97. The Bertz CT molecular complexity index is 79.7. The van der Waals surface area contributed by atoms with Gasteiger partial charge in [-0.3, -0.25) is 0 Å². The molecule has 0 aliphatic rings. The van der Waals surface area contributed by atoms with Gasteiger partial charge in [-0.05, 0) is 0 Å². The van der Waals surface area contributed by atoms with Crippen LogP contribution in [0.4, 0.5) is 8.78 Å². The number of carbonyl (C=O) groups is 2. The lowest BCUT2D eigenvalue weighted by Crippen LogP contribution is -1.97. The predicted molar refractivity (Wildman–Crippen MR) is 18.0 cm³/mol. The Kier molecular flexibility index (Phi) is 5.94. The fraction of sp³-hybridized carbons (Fsp3) is 0. The van der Waals surface area contributed by atoms with Crippen molar-refractivity contribution in [2.45, 2.75) is 0 Å². The van der Waals surface area contributed by atoms with Crippen LogP contribution < -0.4 is 0 Å². The Morgan fingerprint density at radius 3 is 1.14 bits per heavy atom. The van der Waals surface area contributed by atoms with Crippen LogP contribution in [-0.2, 0) is 9.59 Å². The van der Waals surface area contributed by atoms with E-state index in [-0.39, 0.29) is 23.1 Å². The van der Waals surface area contributed by atoms with E-state index in [1.165, 1.54) is 0 Å². The molecular formula is C2F2MgO2. The molecule has 36 valence electrons. The molecule has 0 heterocycles. The Balaban J connectivity index is 0. The first kappa shape index (κ1) is 10.1. The van der Waals surface area contributed by atoms with Crippen LogP contribution in [0.25, 0.3) is 0 Å². The maximum Gasteiger partial charge on any atom is 0.401 e. The minimum atomic E-state index is -2.55. The standard InChI is InChI=1S/C2F2O2.Mg/c3-1(5)2(4)6;. The van der Waals surface area contributed by atoms with Crippen LogP contribution in [0.15, 0.2) is 0 Å². The summed E-state index contributed by atoms with van der Waals surface area (Å²) in [7, 11) is 0. The first-order valence-electron chi connectivity index (χ1n) is 1.04. The molecule has 0 aromatic rings. The highest BCUT2D eigenvalue weighted by Gasteiger charge is 2.07. The van der Waals surface area contributed by atoms with Gasteiger partial charge in [-0.1, -0.05) is 0 Å². The summed E-state index contributed by atoms with van der Waals surface area (Å²) >= 11 is 0. The minimum absolute atomic E-state index is 0. The van der Waals surface area contributed by atoms with E-state index >= 15 is 0 Å². The van der Waals surface area contributed by atoms with Crippen LogP contribution in [0.5, 0.6) is 0 Å². The van der Waals surface area contributed by atoms with Crippen molar-refractivity contribution in [2.24, 2.45) is 0 Å². The summed E-state index contributed by atoms with van der Waals surface area (Å²) in [5.41, 5.74) is 0. The van der Waals surface area contributed by atoms with Gasteiger partial charge in [0.25, 0.3) is 0 Å². The van der Waals surface area contributed by atoms with Crippen molar-refractivity contribution in [2.75, 3.05) is 0 Å². The molecule has 0 spiro atoms. The van der Waals surface area contributed by atoms with Crippen LogP contribution in [0.1, 0.15) is 0 Å². The van der Waals surface area contributed by atoms with Crippen LogP contribution in [0.2, 0.25) is 0 Å². The van der Waals surface area contributed by atoms with Crippen molar-refractivity contribution in [3.05, 3.63) is 0 Å². The normalized spacial score (nSPS) is 6.57. The molecule has 7 heavy (non-hydrogen) atoms. The summed E-state index contributed by atoms with van der Waals surface area (Å²) in [6, 6.07) is -5.09. The van der Waals surface area contributed by atoms with E-state index in [0.717, 1.165) is 0 Å². The number of halogens is 2. The maximum atomic E-state index is 10.5. The fourth-order valence-electron chi connectivity index (χ4n) is 0. The van der Waals surface area contributed by atoms with Gasteiger partial charge in [-0.15, -0.1) is 0 Å². The van der Waals surface area contributed by atoms with Gasteiger partial charge in [0.05, 0.1) is 0 Å². The highest BCUT2D eigenvalue weighted by atomic mass is 24.3.